The summed E-state index contributed by atoms with van der Waals surface area (Å²) in [5.41, 5.74) is 0. The van der Waals surface area contributed by atoms with Gasteiger partial charge in [0.15, 0.2) is 6.10 Å². The Morgan fingerprint density at radius 1 is 1.00 bits per heavy atom. The number of rotatable bonds is 3. The van der Waals surface area contributed by atoms with Crippen LogP contribution in [-0.4, -0.2) is 71.2 Å². The first kappa shape index (κ1) is 13.8. The fourth-order valence-corrected chi connectivity index (χ4v) is 3.55. The molecule has 0 aromatic heterocycles. The number of carboxylic acid groups (broad SMARTS) is 1. The first-order valence-corrected chi connectivity index (χ1v) is 7.56. The zero-order valence-electron chi connectivity index (χ0n) is 11.7. The van der Waals surface area contributed by atoms with Crippen molar-refractivity contribution in [2.24, 2.45) is 0 Å². The maximum atomic E-state index is 12.4. The van der Waals surface area contributed by atoms with Gasteiger partial charge in [-0.2, -0.15) is 0 Å². The third-order valence-electron chi connectivity index (χ3n) is 4.70. The van der Waals surface area contributed by atoms with Crippen LogP contribution in [0.1, 0.15) is 32.1 Å². The summed E-state index contributed by atoms with van der Waals surface area (Å²) in [4.78, 5) is 27.6. The number of aliphatic carboxylic acids is 1. The monoisotopic (exact) mass is 282 g/mol. The van der Waals surface area contributed by atoms with Gasteiger partial charge < -0.3 is 14.7 Å². The second-order valence-electron chi connectivity index (χ2n) is 6.00. The molecule has 0 saturated carbocycles. The van der Waals surface area contributed by atoms with Crippen molar-refractivity contribution in [1.82, 2.24) is 9.80 Å². The number of amides is 1. The van der Waals surface area contributed by atoms with Gasteiger partial charge in [0.1, 0.15) is 6.10 Å². The molecule has 3 aliphatic rings. The van der Waals surface area contributed by atoms with Crippen molar-refractivity contribution in [3.8, 4) is 0 Å². The normalized spacial score (nSPS) is 34.8. The lowest BCUT2D eigenvalue weighted by Crippen LogP contribution is -2.41. The predicted octanol–water partition coefficient (Wildman–Crippen LogP) is 0.315. The van der Waals surface area contributed by atoms with Gasteiger partial charge in [0.05, 0.1) is 0 Å². The minimum Gasteiger partial charge on any atom is -0.479 e. The van der Waals surface area contributed by atoms with E-state index in [0.29, 0.717) is 18.9 Å². The van der Waals surface area contributed by atoms with Crippen LogP contribution in [0, 0.1) is 0 Å². The molecule has 6 nitrogen and oxygen atoms in total. The maximum absolute atomic E-state index is 12.4. The summed E-state index contributed by atoms with van der Waals surface area (Å²) < 4.78 is 5.35. The molecule has 0 radical (unpaired) electrons. The van der Waals surface area contributed by atoms with E-state index in [2.05, 4.69) is 4.90 Å². The first-order chi connectivity index (χ1) is 9.65. The molecule has 0 aliphatic carbocycles. The molecule has 3 fully saturated rings. The molecule has 1 N–H and O–H groups in total. The summed E-state index contributed by atoms with van der Waals surface area (Å²) in [5, 5.41) is 8.91. The molecule has 3 rings (SSSR count). The predicted molar refractivity (Wildman–Crippen MR) is 71.3 cm³/mol. The van der Waals surface area contributed by atoms with Gasteiger partial charge in [-0.1, -0.05) is 0 Å². The topological polar surface area (TPSA) is 70.1 Å². The van der Waals surface area contributed by atoms with Crippen LogP contribution < -0.4 is 0 Å². The number of hydrogen-bond donors (Lipinski definition) is 1. The van der Waals surface area contributed by atoms with E-state index >= 15 is 0 Å². The number of carbonyl (C=O) groups is 2. The van der Waals surface area contributed by atoms with Crippen molar-refractivity contribution in [1.29, 1.82) is 0 Å². The molecular weight excluding hydrogens is 260 g/mol. The van der Waals surface area contributed by atoms with E-state index in [1.807, 2.05) is 4.90 Å². The Hall–Kier alpha value is -1.14. The average molecular weight is 282 g/mol. The van der Waals surface area contributed by atoms with E-state index in [4.69, 9.17) is 9.84 Å². The SMILES string of the molecule is O=C(O)[C@H]1CC[C@@H](C(=O)N2CCC(N3CCCC3)C2)O1. The summed E-state index contributed by atoms with van der Waals surface area (Å²) in [7, 11) is 0. The summed E-state index contributed by atoms with van der Waals surface area (Å²) >= 11 is 0. The number of carbonyl (C=O) groups excluding carboxylic acids is 1. The Bertz CT molecular complexity index is 395. The maximum Gasteiger partial charge on any atom is 0.332 e. The van der Waals surface area contributed by atoms with Gasteiger partial charge in [-0.25, -0.2) is 4.79 Å². The van der Waals surface area contributed by atoms with E-state index in [1.165, 1.54) is 12.8 Å². The smallest absolute Gasteiger partial charge is 0.332 e. The average Bonchev–Trinajstić information content (AvgIpc) is 3.17. The molecule has 6 heteroatoms. The van der Waals surface area contributed by atoms with Crippen LogP contribution in [0.4, 0.5) is 0 Å². The van der Waals surface area contributed by atoms with Crippen molar-refractivity contribution >= 4 is 11.9 Å². The second-order valence-corrected chi connectivity index (χ2v) is 6.00. The van der Waals surface area contributed by atoms with Crippen molar-refractivity contribution in [3.05, 3.63) is 0 Å². The standard InChI is InChI=1S/C14H22N2O4/c17-13(11-3-4-12(20-11)14(18)19)16-8-5-10(9-16)15-6-1-2-7-15/h10-12H,1-9H2,(H,18,19)/t10?,11-,12+/m0/s1. The number of ether oxygens (including phenoxy) is 1. The fourth-order valence-electron chi connectivity index (χ4n) is 3.55. The molecular formula is C14H22N2O4. The Morgan fingerprint density at radius 3 is 2.35 bits per heavy atom. The van der Waals surface area contributed by atoms with E-state index in [9.17, 15) is 9.59 Å². The van der Waals surface area contributed by atoms with Crippen LogP contribution in [-0.2, 0) is 14.3 Å². The molecule has 3 aliphatic heterocycles. The highest BCUT2D eigenvalue weighted by Crippen LogP contribution is 2.25. The van der Waals surface area contributed by atoms with Crippen LogP contribution in [0.2, 0.25) is 0 Å². The molecule has 1 unspecified atom stereocenters. The molecule has 20 heavy (non-hydrogen) atoms. The molecule has 0 bridgehead atoms. The van der Waals surface area contributed by atoms with Gasteiger partial charge >= 0.3 is 5.97 Å². The molecule has 3 atom stereocenters. The third kappa shape index (κ3) is 2.67. The van der Waals surface area contributed by atoms with E-state index in [0.717, 1.165) is 32.6 Å². The van der Waals surface area contributed by atoms with Gasteiger partial charge in [-0.05, 0) is 45.2 Å². The number of hydrogen-bond acceptors (Lipinski definition) is 4. The van der Waals surface area contributed by atoms with E-state index in [-0.39, 0.29) is 5.91 Å². The number of likely N-dealkylation sites (tertiary alicyclic amines) is 2. The van der Waals surface area contributed by atoms with E-state index in [1.54, 1.807) is 0 Å². The van der Waals surface area contributed by atoms with Crippen LogP contribution in [0.15, 0.2) is 0 Å². The highest BCUT2D eigenvalue weighted by atomic mass is 16.5. The highest BCUT2D eigenvalue weighted by molar-refractivity contribution is 5.83. The molecule has 0 aromatic carbocycles. The zero-order chi connectivity index (χ0) is 14.1. The van der Waals surface area contributed by atoms with Gasteiger partial charge in [0.2, 0.25) is 0 Å². The van der Waals surface area contributed by atoms with E-state index < -0.39 is 18.2 Å². The minimum atomic E-state index is -0.961. The molecule has 3 saturated heterocycles. The van der Waals surface area contributed by atoms with Crippen molar-refractivity contribution < 1.29 is 19.4 Å². The van der Waals surface area contributed by atoms with Gasteiger partial charge in [-0.3, -0.25) is 9.69 Å². The Balaban J connectivity index is 1.52. The largest absolute Gasteiger partial charge is 0.479 e. The Labute approximate surface area is 118 Å². The van der Waals surface area contributed by atoms with Gasteiger partial charge in [-0.15, -0.1) is 0 Å². The molecule has 112 valence electrons. The molecule has 0 aromatic rings. The Kier molecular flexibility index (Phi) is 3.94. The Morgan fingerprint density at radius 2 is 1.70 bits per heavy atom. The van der Waals surface area contributed by atoms with Crippen molar-refractivity contribution in [2.45, 2.75) is 50.4 Å². The number of nitrogens with zero attached hydrogens (tertiary/aromatic N) is 2. The summed E-state index contributed by atoms with van der Waals surface area (Å²) in [5.74, 6) is -0.980. The van der Waals surface area contributed by atoms with Crippen molar-refractivity contribution in [2.75, 3.05) is 26.2 Å². The minimum absolute atomic E-state index is 0.0181. The number of carboxylic acids is 1. The van der Waals surface area contributed by atoms with Crippen LogP contribution in [0.3, 0.4) is 0 Å². The summed E-state index contributed by atoms with van der Waals surface area (Å²) in [6, 6.07) is 0.484. The second kappa shape index (κ2) is 5.69. The van der Waals surface area contributed by atoms with Crippen LogP contribution >= 0.6 is 0 Å². The fraction of sp³-hybridized carbons (Fsp3) is 0.857. The lowest BCUT2D eigenvalue weighted by molar-refractivity contribution is -0.154. The van der Waals surface area contributed by atoms with Crippen LogP contribution in [0.5, 0.6) is 0 Å². The molecule has 1 amide bonds. The quantitative estimate of drug-likeness (QED) is 0.807. The molecule has 3 heterocycles. The zero-order valence-corrected chi connectivity index (χ0v) is 11.7. The summed E-state index contributed by atoms with van der Waals surface area (Å²) in [6.45, 7) is 3.84. The highest BCUT2D eigenvalue weighted by Gasteiger charge is 2.39. The summed E-state index contributed by atoms with van der Waals surface area (Å²) in [6.07, 6.45) is 3.16. The lowest BCUT2D eigenvalue weighted by Gasteiger charge is -2.24. The van der Waals surface area contributed by atoms with Gasteiger partial charge in [0.25, 0.3) is 5.91 Å². The van der Waals surface area contributed by atoms with Gasteiger partial charge in [0, 0.05) is 19.1 Å². The third-order valence-corrected chi connectivity index (χ3v) is 4.70. The lowest BCUT2D eigenvalue weighted by atomic mass is 10.2. The van der Waals surface area contributed by atoms with Crippen LogP contribution in [0.25, 0.3) is 0 Å². The first-order valence-electron chi connectivity index (χ1n) is 7.56. The van der Waals surface area contributed by atoms with Crippen molar-refractivity contribution in [3.63, 3.8) is 0 Å². The molecule has 0 spiro atoms.